The zero-order valence-corrected chi connectivity index (χ0v) is 6.71. The van der Waals surface area contributed by atoms with Gasteiger partial charge in [-0.3, -0.25) is 0 Å². The summed E-state index contributed by atoms with van der Waals surface area (Å²) in [6.07, 6.45) is 8.76. The van der Waals surface area contributed by atoms with Gasteiger partial charge in [-0.2, -0.15) is 0 Å². The molecule has 11 heavy (non-hydrogen) atoms. The lowest BCUT2D eigenvalue weighted by molar-refractivity contribution is 0.283. The third kappa shape index (κ3) is 2.24. The van der Waals surface area contributed by atoms with E-state index in [0.29, 0.717) is 6.54 Å². The zero-order chi connectivity index (χ0) is 8.10. The molecule has 0 atom stereocenters. The predicted molar refractivity (Wildman–Crippen MR) is 46.0 cm³/mol. The third-order valence-electron chi connectivity index (χ3n) is 1.65. The van der Waals surface area contributed by atoms with Crippen molar-refractivity contribution in [1.82, 2.24) is 0 Å². The lowest BCUT2D eigenvalue weighted by atomic mass is 10.1. The Balaban J connectivity index is 2.69. The first-order chi connectivity index (χ1) is 5.36. The number of nitrogens with two attached hydrogens (primary N) is 1. The molecule has 0 heterocycles. The van der Waals surface area contributed by atoms with Crippen molar-refractivity contribution in [2.24, 2.45) is 5.73 Å². The molecular weight excluding hydrogens is 138 g/mol. The summed E-state index contributed by atoms with van der Waals surface area (Å²) in [4.78, 5) is 0. The number of methoxy groups -OCH3 is 1. The van der Waals surface area contributed by atoms with E-state index in [-0.39, 0.29) is 0 Å². The molecule has 1 aliphatic carbocycles. The van der Waals surface area contributed by atoms with E-state index in [1.54, 1.807) is 7.11 Å². The van der Waals surface area contributed by atoms with Crippen LogP contribution in [0, 0.1) is 0 Å². The van der Waals surface area contributed by atoms with E-state index in [9.17, 15) is 0 Å². The van der Waals surface area contributed by atoms with Crippen LogP contribution in [0.15, 0.2) is 35.6 Å². The number of hydrogen-bond donors (Lipinski definition) is 1. The Kier molecular flexibility index (Phi) is 2.93. The lowest BCUT2D eigenvalue weighted by Gasteiger charge is -2.05. The Morgan fingerprint density at radius 3 is 2.82 bits per heavy atom. The lowest BCUT2D eigenvalue weighted by Crippen LogP contribution is -2.03. The van der Waals surface area contributed by atoms with E-state index in [1.165, 1.54) is 5.57 Å². The second kappa shape index (κ2) is 3.98. The molecule has 0 saturated carbocycles. The van der Waals surface area contributed by atoms with Gasteiger partial charge in [0.15, 0.2) is 0 Å². The van der Waals surface area contributed by atoms with Gasteiger partial charge in [-0.05, 0) is 11.6 Å². The molecule has 0 fully saturated rings. The van der Waals surface area contributed by atoms with Gasteiger partial charge in [-0.1, -0.05) is 18.2 Å². The monoisotopic (exact) mass is 151 g/mol. The standard InChI is InChI=1S/C9H13NO/c1-11-9-5-3-2-4-8(6-9)7-10/h2-5H,6-7,10H2,1H3. The summed E-state index contributed by atoms with van der Waals surface area (Å²) in [5.74, 6) is 0.968. The molecule has 0 unspecified atom stereocenters. The quantitative estimate of drug-likeness (QED) is 0.646. The molecular formula is C9H13NO. The van der Waals surface area contributed by atoms with Crippen molar-refractivity contribution in [1.29, 1.82) is 0 Å². The predicted octanol–water partition coefficient (Wildman–Crippen LogP) is 1.36. The van der Waals surface area contributed by atoms with Crippen molar-refractivity contribution in [3.8, 4) is 0 Å². The summed E-state index contributed by atoms with van der Waals surface area (Å²) in [7, 11) is 1.68. The van der Waals surface area contributed by atoms with Gasteiger partial charge in [0.2, 0.25) is 0 Å². The molecule has 0 bridgehead atoms. The summed E-state index contributed by atoms with van der Waals surface area (Å²) in [5, 5.41) is 0. The molecule has 1 rings (SSSR count). The van der Waals surface area contributed by atoms with Crippen LogP contribution in [-0.4, -0.2) is 13.7 Å². The minimum Gasteiger partial charge on any atom is -0.501 e. The molecule has 0 aromatic carbocycles. The fourth-order valence-corrected chi connectivity index (χ4v) is 0.977. The fourth-order valence-electron chi connectivity index (χ4n) is 0.977. The summed E-state index contributed by atoms with van der Waals surface area (Å²) in [6.45, 7) is 0.602. The van der Waals surface area contributed by atoms with Crippen molar-refractivity contribution in [3.05, 3.63) is 35.6 Å². The zero-order valence-electron chi connectivity index (χ0n) is 6.71. The van der Waals surface area contributed by atoms with Crippen LogP contribution < -0.4 is 5.73 Å². The van der Waals surface area contributed by atoms with Crippen LogP contribution in [0.1, 0.15) is 6.42 Å². The van der Waals surface area contributed by atoms with Gasteiger partial charge in [0.1, 0.15) is 0 Å². The highest BCUT2D eigenvalue weighted by Gasteiger charge is 2.00. The maximum Gasteiger partial charge on any atom is 0.0996 e. The van der Waals surface area contributed by atoms with Gasteiger partial charge < -0.3 is 10.5 Å². The fraction of sp³-hybridized carbons (Fsp3) is 0.333. The maximum atomic E-state index is 5.50. The van der Waals surface area contributed by atoms with Gasteiger partial charge in [-0.15, -0.1) is 0 Å². The summed E-state index contributed by atoms with van der Waals surface area (Å²) < 4.78 is 5.12. The highest BCUT2D eigenvalue weighted by atomic mass is 16.5. The van der Waals surface area contributed by atoms with Crippen LogP contribution in [-0.2, 0) is 4.74 Å². The number of rotatable bonds is 2. The second-order valence-corrected chi connectivity index (χ2v) is 2.43. The van der Waals surface area contributed by atoms with E-state index in [1.807, 2.05) is 24.3 Å². The van der Waals surface area contributed by atoms with Crippen molar-refractivity contribution in [2.45, 2.75) is 6.42 Å². The van der Waals surface area contributed by atoms with Gasteiger partial charge in [0, 0.05) is 13.0 Å². The largest absolute Gasteiger partial charge is 0.501 e. The van der Waals surface area contributed by atoms with E-state index in [2.05, 4.69) is 0 Å². The summed E-state index contributed by atoms with van der Waals surface area (Å²) in [5.41, 5.74) is 6.71. The van der Waals surface area contributed by atoms with E-state index in [4.69, 9.17) is 10.5 Å². The first-order valence-electron chi connectivity index (χ1n) is 3.66. The number of hydrogen-bond acceptors (Lipinski definition) is 2. The molecule has 0 saturated heterocycles. The van der Waals surface area contributed by atoms with Crippen molar-refractivity contribution >= 4 is 0 Å². The summed E-state index contributed by atoms with van der Waals surface area (Å²) >= 11 is 0. The average molecular weight is 151 g/mol. The first-order valence-corrected chi connectivity index (χ1v) is 3.66. The van der Waals surface area contributed by atoms with E-state index < -0.39 is 0 Å². The molecule has 0 aliphatic heterocycles. The minimum atomic E-state index is 0.602. The van der Waals surface area contributed by atoms with Crippen molar-refractivity contribution < 1.29 is 4.74 Å². The molecule has 0 spiro atoms. The Bertz CT molecular complexity index is 192. The van der Waals surface area contributed by atoms with Crippen molar-refractivity contribution in [2.75, 3.05) is 13.7 Å². The first kappa shape index (κ1) is 8.08. The summed E-state index contributed by atoms with van der Waals surface area (Å²) in [6, 6.07) is 0. The van der Waals surface area contributed by atoms with E-state index in [0.717, 1.165) is 12.2 Å². The smallest absolute Gasteiger partial charge is 0.0996 e. The highest BCUT2D eigenvalue weighted by molar-refractivity contribution is 5.26. The van der Waals surface area contributed by atoms with Crippen molar-refractivity contribution in [3.63, 3.8) is 0 Å². The third-order valence-corrected chi connectivity index (χ3v) is 1.65. The molecule has 0 aromatic heterocycles. The molecule has 2 N–H and O–H groups in total. The molecule has 1 aliphatic rings. The van der Waals surface area contributed by atoms with Gasteiger partial charge >= 0.3 is 0 Å². The molecule has 0 radical (unpaired) electrons. The second-order valence-electron chi connectivity index (χ2n) is 2.43. The maximum absolute atomic E-state index is 5.50. The average Bonchev–Trinajstić information content (AvgIpc) is 2.28. The SMILES string of the molecule is COC1=CC=CC=C(CN)C1. The van der Waals surface area contributed by atoms with Gasteiger partial charge in [0.05, 0.1) is 12.9 Å². The minimum absolute atomic E-state index is 0.602. The van der Waals surface area contributed by atoms with Gasteiger partial charge in [0.25, 0.3) is 0 Å². The Hall–Kier alpha value is -1.02. The topological polar surface area (TPSA) is 35.2 Å². The highest BCUT2D eigenvalue weighted by Crippen LogP contribution is 2.13. The van der Waals surface area contributed by atoms with Crippen LogP contribution in [0.2, 0.25) is 0 Å². The number of ether oxygens (including phenoxy) is 1. The normalized spacial score (nSPS) is 16.9. The van der Waals surface area contributed by atoms with Crippen LogP contribution in [0.5, 0.6) is 0 Å². The molecule has 2 heteroatoms. The van der Waals surface area contributed by atoms with Crippen LogP contribution in [0.3, 0.4) is 0 Å². The van der Waals surface area contributed by atoms with Crippen LogP contribution >= 0.6 is 0 Å². The van der Waals surface area contributed by atoms with Gasteiger partial charge in [-0.25, -0.2) is 0 Å². The Labute approximate surface area is 67.0 Å². The molecule has 0 amide bonds. The molecule has 0 aromatic rings. The van der Waals surface area contributed by atoms with Crippen LogP contribution in [0.25, 0.3) is 0 Å². The van der Waals surface area contributed by atoms with Crippen LogP contribution in [0.4, 0.5) is 0 Å². The Morgan fingerprint density at radius 1 is 1.45 bits per heavy atom. The number of allylic oxidation sites excluding steroid dienone is 5. The van der Waals surface area contributed by atoms with E-state index >= 15 is 0 Å². The Morgan fingerprint density at radius 2 is 2.18 bits per heavy atom. The molecule has 60 valence electrons. The molecule has 2 nitrogen and oxygen atoms in total.